The van der Waals surface area contributed by atoms with Gasteiger partial charge in [-0.05, 0) is 24.5 Å². The summed E-state index contributed by atoms with van der Waals surface area (Å²) < 4.78 is 0. The molecule has 1 heterocycles. The number of carboxylic acid groups (broad SMARTS) is 1. The van der Waals surface area contributed by atoms with Gasteiger partial charge in [0, 0.05) is 6.20 Å². The fourth-order valence-electron chi connectivity index (χ4n) is 1.53. The van der Waals surface area contributed by atoms with Crippen molar-refractivity contribution in [2.75, 3.05) is 0 Å². The average molecular weight is 252 g/mol. The zero-order valence-corrected chi connectivity index (χ0v) is 10.3. The van der Waals surface area contributed by atoms with Crippen molar-refractivity contribution >= 4 is 11.9 Å². The van der Waals surface area contributed by atoms with E-state index >= 15 is 0 Å². The standard InChI is InChI=1S/C12H16N2O4/c1-7(2)6-9(12(17)18)14-11(16)8-4-3-5-13-10(8)15/h3-5,7,9H,6H2,1-2H3,(H,13,15)(H,14,16)(H,17,18)/t9-/m1/s1. The van der Waals surface area contributed by atoms with E-state index in [1.807, 2.05) is 13.8 Å². The smallest absolute Gasteiger partial charge is 0.326 e. The van der Waals surface area contributed by atoms with Gasteiger partial charge in [0.2, 0.25) is 0 Å². The van der Waals surface area contributed by atoms with Crippen molar-refractivity contribution in [3.8, 4) is 0 Å². The lowest BCUT2D eigenvalue weighted by Crippen LogP contribution is -2.43. The first-order chi connectivity index (χ1) is 8.41. The predicted octanol–water partition coefficient (Wildman–Crippen LogP) is 0.604. The first kappa shape index (κ1) is 14.0. The molecule has 1 amide bonds. The summed E-state index contributed by atoms with van der Waals surface area (Å²) in [5.41, 5.74) is -0.629. The summed E-state index contributed by atoms with van der Waals surface area (Å²) >= 11 is 0. The number of carboxylic acids is 1. The van der Waals surface area contributed by atoms with Crippen LogP contribution in [0.25, 0.3) is 0 Å². The Hall–Kier alpha value is -2.11. The highest BCUT2D eigenvalue weighted by atomic mass is 16.4. The second-order valence-electron chi connectivity index (χ2n) is 4.41. The maximum absolute atomic E-state index is 11.8. The number of hydrogen-bond donors (Lipinski definition) is 3. The van der Waals surface area contributed by atoms with Crippen molar-refractivity contribution in [3.05, 3.63) is 34.2 Å². The minimum Gasteiger partial charge on any atom is -0.480 e. The zero-order chi connectivity index (χ0) is 13.7. The second kappa shape index (κ2) is 6.00. The summed E-state index contributed by atoms with van der Waals surface area (Å²) in [6.45, 7) is 3.72. The van der Waals surface area contributed by atoms with Gasteiger partial charge in [0.25, 0.3) is 11.5 Å². The largest absolute Gasteiger partial charge is 0.480 e. The summed E-state index contributed by atoms with van der Waals surface area (Å²) in [6.07, 6.45) is 1.72. The van der Waals surface area contributed by atoms with Crippen molar-refractivity contribution in [2.24, 2.45) is 5.92 Å². The van der Waals surface area contributed by atoms with Crippen LogP contribution in [0.15, 0.2) is 23.1 Å². The molecule has 1 rings (SSSR count). The van der Waals surface area contributed by atoms with Crippen molar-refractivity contribution < 1.29 is 14.7 Å². The Balaban J connectivity index is 2.82. The molecule has 1 aromatic heterocycles. The molecule has 6 heteroatoms. The number of amides is 1. The van der Waals surface area contributed by atoms with E-state index < -0.39 is 23.5 Å². The fourth-order valence-corrected chi connectivity index (χ4v) is 1.53. The minimum absolute atomic E-state index is 0.0903. The SMILES string of the molecule is CC(C)C[C@@H](NC(=O)c1ccc[nH]c1=O)C(=O)O. The van der Waals surface area contributed by atoms with Crippen molar-refractivity contribution in [3.63, 3.8) is 0 Å². The van der Waals surface area contributed by atoms with Crippen molar-refractivity contribution in [1.29, 1.82) is 0 Å². The molecule has 0 aliphatic heterocycles. The number of nitrogens with one attached hydrogen (secondary N) is 2. The molecule has 0 spiro atoms. The lowest BCUT2D eigenvalue weighted by atomic mass is 10.0. The molecule has 1 atom stereocenters. The van der Waals surface area contributed by atoms with E-state index in [9.17, 15) is 14.4 Å². The topological polar surface area (TPSA) is 99.3 Å². The molecule has 0 saturated heterocycles. The molecular weight excluding hydrogens is 236 g/mol. The maximum atomic E-state index is 11.8. The summed E-state index contributed by atoms with van der Waals surface area (Å²) in [6, 6.07) is 1.87. The number of H-pyrrole nitrogens is 1. The van der Waals surface area contributed by atoms with Gasteiger partial charge < -0.3 is 15.4 Å². The van der Waals surface area contributed by atoms with E-state index in [2.05, 4.69) is 10.3 Å². The molecule has 0 fully saturated rings. The Morgan fingerprint density at radius 1 is 1.44 bits per heavy atom. The number of rotatable bonds is 5. The van der Waals surface area contributed by atoms with E-state index in [0.717, 1.165) is 0 Å². The van der Waals surface area contributed by atoms with Crippen LogP contribution in [0.5, 0.6) is 0 Å². The van der Waals surface area contributed by atoms with Crippen molar-refractivity contribution in [2.45, 2.75) is 26.3 Å². The highest BCUT2D eigenvalue weighted by Gasteiger charge is 2.22. The highest BCUT2D eigenvalue weighted by molar-refractivity contribution is 5.96. The highest BCUT2D eigenvalue weighted by Crippen LogP contribution is 2.05. The molecular formula is C12H16N2O4. The van der Waals surface area contributed by atoms with Gasteiger partial charge in [-0.15, -0.1) is 0 Å². The monoisotopic (exact) mass is 252 g/mol. The van der Waals surface area contributed by atoms with Crippen LogP contribution in [0.2, 0.25) is 0 Å². The van der Waals surface area contributed by atoms with Gasteiger partial charge in [-0.2, -0.15) is 0 Å². The fraction of sp³-hybridized carbons (Fsp3) is 0.417. The van der Waals surface area contributed by atoms with Crippen LogP contribution < -0.4 is 10.9 Å². The van der Waals surface area contributed by atoms with E-state index in [4.69, 9.17) is 5.11 Å². The van der Waals surface area contributed by atoms with Gasteiger partial charge in [-0.1, -0.05) is 13.8 Å². The molecule has 1 aromatic rings. The molecule has 0 bridgehead atoms. The lowest BCUT2D eigenvalue weighted by molar-refractivity contribution is -0.139. The second-order valence-corrected chi connectivity index (χ2v) is 4.41. The Kier molecular flexibility index (Phi) is 4.65. The van der Waals surface area contributed by atoms with E-state index in [1.165, 1.54) is 18.3 Å². The summed E-state index contributed by atoms with van der Waals surface area (Å²) in [4.78, 5) is 36.5. The van der Waals surface area contributed by atoms with Crippen LogP contribution in [0.1, 0.15) is 30.6 Å². The van der Waals surface area contributed by atoms with Crippen LogP contribution in [0.3, 0.4) is 0 Å². The molecule has 6 nitrogen and oxygen atoms in total. The van der Waals surface area contributed by atoms with Crippen LogP contribution >= 0.6 is 0 Å². The van der Waals surface area contributed by atoms with Gasteiger partial charge in [0.1, 0.15) is 11.6 Å². The number of aromatic nitrogens is 1. The molecule has 98 valence electrons. The Morgan fingerprint density at radius 3 is 2.61 bits per heavy atom. The quantitative estimate of drug-likeness (QED) is 0.714. The number of carbonyl (C=O) groups is 2. The molecule has 0 aliphatic carbocycles. The number of aromatic amines is 1. The predicted molar refractivity (Wildman–Crippen MR) is 65.4 cm³/mol. The molecule has 3 N–H and O–H groups in total. The van der Waals surface area contributed by atoms with Crippen molar-refractivity contribution in [1.82, 2.24) is 10.3 Å². The van der Waals surface area contributed by atoms with E-state index in [1.54, 1.807) is 0 Å². The van der Waals surface area contributed by atoms with Gasteiger partial charge in [0.15, 0.2) is 0 Å². The molecule has 0 aromatic carbocycles. The van der Waals surface area contributed by atoms with E-state index in [0.29, 0.717) is 6.42 Å². The molecule has 0 saturated carbocycles. The van der Waals surface area contributed by atoms with Gasteiger partial charge in [-0.3, -0.25) is 9.59 Å². The summed E-state index contributed by atoms with van der Waals surface area (Å²) in [5, 5.41) is 11.3. The Bertz CT molecular complexity index is 493. The van der Waals surface area contributed by atoms with Gasteiger partial charge in [-0.25, -0.2) is 4.79 Å². The first-order valence-corrected chi connectivity index (χ1v) is 5.63. The summed E-state index contributed by atoms with van der Waals surface area (Å²) in [5.74, 6) is -1.66. The molecule has 18 heavy (non-hydrogen) atoms. The Morgan fingerprint density at radius 2 is 2.11 bits per heavy atom. The normalized spacial score (nSPS) is 12.2. The van der Waals surface area contributed by atoms with Crippen LogP contribution in [0, 0.1) is 5.92 Å². The van der Waals surface area contributed by atoms with Gasteiger partial charge >= 0.3 is 5.97 Å². The van der Waals surface area contributed by atoms with E-state index in [-0.39, 0.29) is 11.5 Å². The average Bonchev–Trinajstić information content (AvgIpc) is 2.27. The number of carbonyl (C=O) groups excluding carboxylic acids is 1. The zero-order valence-electron chi connectivity index (χ0n) is 10.3. The molecule has 0 radical (unpaired) electrons. The third-order valence-electron chi connectivity index (χ3n) is 2.37. The third-order valence-corrected chi connectivity index (χ3v) is 2.37. The van der Waals surface area contributed by atoms with Crippen LogP contribution in [0.4, 0.5) is 0 Å². The maximum Gasteiger partial charge on any atom is 0.326 e. The molecule has 0 aliphatic rings. The van der Waals surface area contributed by atoms with Crippen LogP contribution in [-0.4, -0.2) is 28.0 Å². The third kappa shape index (κ3) is 3.73. The van der Waals surface area contributed by atoms with Crippen LogP contribution in [-0.2, 0) is 4.79 Å². The lowest BCUT2D eigenvalue weighted by Gasteiger charge is -2.16. The number of aliphatic carboxylic acids is 1. The number of pyridine rings is 1. The Labute approximate surface area is 104 Å². The number of hydrogen-bond acceptors (Lipinski definition) is 3. The molecule has 0 unspecified atom stereocenters. The minimum atomic E-state index is -1.11. The van der Waals surface area contributed by atoms with Gasteiger partial charge in [0.05, 0.1) is 0 Å². The summed E-state index contributed by atoms with van der Waals surface area (Å²) in [7, 11) is 0. The first-order valence-electron chi connectivity index (χ1n) is 5.63.